The van der Waals surface area contributed by atoms with Gasteiger partial charge in [0.1, 0.15) is 34.2 Å². The SMILES string of the molecule is Cc1c([N+](=O)[O-])cc(S(=O)(=O)Nc2cc(-n3ccnc3C)ncn2)cc1[N+](=O)[O-]. The maximum atomic E-state index is 12.7. The molecule has 2 heterocycles. The molecule has 150 valence electrons. The van der Waals surface area contributed by atoms with Crippen LogP contribution < -0.4 is 4.72 Å². The van der Waals surface area contributed by atoms with Crippen molar-refractivity contribution in [3.05, 3.63) is 68.5 Å². The van der Waals surface area contributed by atoms with Gasteiger partial charge in [-0.1, -0.05) is 0 Å². The van der Waals surface area contributed by atoms with Gasteiger partial charge in [-0.3, -0.25) is 29.5 Å². The molecular weight excluding hydrogens is 406 g/mol. The van der Waals surface area contributed by atoms with Crippen LogP contribution in [-0.4, -0.2) is 37.8 Å². The van der Waals surface area contributed by atoms with Crippen molar-refractivity contribution in [3.63, 3.8) is 0 Å². The maximum absolute atomic E-state index is 12.7. The van der Waals surface area contributed by atoms with Crippen LogP contribution >= 0.6 is 0 Å². The molecule has 1 N–H and O–H groups in total. The van der Waals surface area contributed by atoms with Gasteiger partial charge in [0.25, 0.3) is 21.4 Å². The first-order valence-corrected chi connectivity index (χ1v) is 9.37. The molecule has 13 nitrogen and oxygen atoms in total. The summed E-state index contributed by atoms with van der Waals surface area (Å²) in [4.78, 5) is 31.8. The van der Waals surface area contributed by atoms with Gasteiger partial charge < -0.3 is 0 Å². The number of nitrogens with zero attached hydrogens (tertiary/aromatic N) is 6. The maximum Gasteiger partial charge on any atom is 0.280 e. The smallest absolute Gasteiger partial charge is 0.280 e. The lowest BCUT2D eigenvalue weighted by molar-refractivity contribution is -0.395. The average molecular weight is 419 g/mol. The van der Waals surface area contributed by atoms with E-state index in [9.17, 15) is 28.6 Å². The zero-order valence-electron chi connectivity index (χ0n) is 15.0. The summed E-state index contributed by atoms with van der Waals surface area (Å²) < 4.78 is 29.1. The first-order chi connectivity index (χ1) is 13.6. The highest BCUT2D eigenvalue weighted by molar-refractivity contribution is 7.92. The number of aromatic nitrogens is 4. The van der Waals surface area contributed by atoms with Gasteiger partial charge in [0.05, 0.1) is 9.85 Å². The number of benzene rings is 1. The molecule has 0 fully saturated rings. The molecule has 2 aromatic heterocycles. The molecule has 3 aromatic rings. The third-order valence-corrected chi connectivity index (χ3v) is 5.33. The molecule has 14 heteroatoms. The van der Waals surface area contributed by atoms with Crippen LogP contribution in [0.15, 0.2) is 41.8 Å². The normalized spacial score (nSPS) is 11.2. The predicted octanol–water partition coefficient (Wildman–Crippen LogP) is 1.90. The number of nitro groups is 2. The van der Waals surface area contributed by atoms with E-state index < -0.39 is 36.1 Å². The van der Waals surface area contributed by atoms with E-state index in [1.54, 1.807) is 17.7 Å². The zero-order chi connectivity index (χ0) is 21.3. The van der Waals surface area contributed by atoms with Crippen molar-refractivity contribution in [1.29, 1.82) is 0 Å². The van der Waals surface area contributed by atoms with Crippen molar-refractivity contribution in [2.75, 3.05) is 4.72 Å². The molecule has 1 aromatic carbocycles. The summed E-state index contributed by atoms with van der Waals surface area (Å²) >= 11 is 0. The van der Waals surface area contributed by atoms with Gasteiger partial charge in [0.15, 0.2) is 0 Å². The van der Waals surface area contributed by atoms with Crippen LogP contribution in [0, 0.1) is 34.1 Å². The van der Waals surface area contributed by atoms with Gasteiger partial charge in [-0.2, -0.15) is 0 Å². The van der Waals surface area contributed by atoms with Gasteiger partial charge in [0.2, 0.25) is 0 Å². The highest BCUT2D eigenvalue weighted by Gasteiger charge is 2.28. The molecule has 0 aliphatic carbocycles. The number of nitro benzene ring substituents is 2. The van der Waals surface area contributed by atoms with Crippen molar-refractivity contribution in [1.82, 2.24) is 19.5 Å². The number of rotatable bonds is 6. The van der Waals surface area contributed by atoms with Crippen LogP contribution in [0.2, 0.25) is 0 Å². The lowest BCUT2D eigenvalue weighted by Gasteiger charge is -2.10. The monoisotopic (exact) mass is 419 g/mol. The molecule has 0 unspecified atom stereocenters. The fraction of sp³-hybridized carbons (Fsp3) is 0.133. The van der Waals surface area contributed by atoms with Crippen molar-refractivity contribution in [3.8, 4) is 5.82 Å². The molecule has 0 spiro atoms. The molecule has 3 rings (SSSR count). The summed E-state index contributed by atoms with van der Waals surface area (Å²) in [6.45, 7) is 2.89. The summed E-state index contributed by atoms with van der Waals surface area (Å²) in [5.74, 6) is 0.796. The largest absolute Gasteiger partial charge is 0.288 e. The summed E-state index contributed by atoms with van der Waals surface area (Å²) in [6.07, 6.45) is 4.27. The average Bonchev–Trinajstić information content (AvgIpc) is 3.07. The summed E-state index contributed by atoms with van der Waals surface area (Å²) in [6, 6.07) is 2.84. The Morgan fingerprint density at radius 1 is 1.00 bits per heavy atom. The van der Waals surface area contributed by atoms with E-state index in [0.717, 1.165) is 18.5 Å². The Labute approximate surface area is 163 Å². The van der Waals surface area contributed by atoms with Crippen molar-refractivity contribution < 1.29 is 18.3 Å². The molecule has 0 saturated heterocycles. The third kappa shape index (κ3) is 3.86. The lowest BCUT2D eigenvalue weighted by Crippen LogP contribution is -2.15. The minimum absolute atomic E-state index is 0.131. The number of imidazole rings is 1. The number of aryl methyl sites for hydroxylation is 1. The van der Waals surface area contributed by atoms with Gasteiger partial charge in [-0.15, -0.1) is 0 Å². The van der Waals surface area contributed by atoms with E-state index in [2.05, 4.69) is 19.7 Å². The molecule has 0 saturated carbocycles. The summed E-state index contributed by atoms with van der Waals surface area (Å²) in [5.41, 5.74) is -1.62. The van der Waals surface area contributed by atoms with E-state index in [1.165, 1.54) is 19.2 Å². The Morgan fingerprint density at radius 2 is 1.62 bits per heavy atom. The summed E-state index contributed by atoms with van der Waals surface area (Å²) in [5, 5.41) is 22.4. The molecular formula is C15H13N7O6S. The van der Waals surface area contributed by atoms with Crippen LogP contribution in [0.3, 0.4) is 0 Å². The fourth-order valence-corrected chi connectivity index (χ4v) is 3.58. The van der Waals surface area contributed by atoms with E-state index in [-0.39, 0.29) is 11.4 Å². The molecule has 0 radical (unpaired) electrons. The molecule has 0 aliphatic rings. The Balaban J connectivity index is 2.04. The second-order valence-electron chi connectivity index (χ2n) is 5.81. The van der Waals surface area contributed by atoms with Crippen LogP contribution in [0.4, 0.5) is 17.2 Å². The molecule has 0 aliphatic heterocycles. The van der Waals surface area contributed by atoms with E-state index in [0.29, 0.717) is 11.6 Å². The van der Waals surface area contributed by atoms with Crippen LogP contribution in [0.25, 0.3) is 5.82 Å². The van der Waals surface area contributed by atoms with Crippen LogP contribution in [-0.2, 0) is 10.0 Å². The van der Waals surface area contributed by atoms with E-state index >= 15 is 0 Å². The first kappa shape index (κ1) is 19.8. The second-order valence-corrected chi connectivity index (χ2v) is 7.49. The standard InChI is InChI=1S/C15H13N7O6S/c1-9-12(21(23)24)5-11(6-13(9)22(25)26)29(27,28)19-14-7-15(18-8-17-14)20-4-3-16-10(20)2/h3-8H,1-2H3,(H,17,18,19). The van der Waals surface area contributed by atoms with Crippen molar-refractivity contribution in [2.45, 2.75) is 18.7 Å². The Kier molecular flexibility index (Phi) is 4.94. The van der Waals surface area contributed by atoms with Crippen LogP contribution in [0.5, 0.6) is 0 Å². The topological polar surface area (TPSA) is 176 Å². The van der Waals surface area contributed by atoms with E-state index in [1.807, 2.05) is 0 Å². The minimum atomic E-state index is -4.41. The highest BCUT2D eigenvalue weighted by atomic mass is 32.2. The highest BCUT2D eigenvalue weighted by Crippen LogP contribution is 2.32. The van der Waals surface area contributed by atoms with Gasteiger partial charge in [-0.05, 0) is 13.8 Å². The number of nitrogens with one attached hydrogen (secondary N) is 1. The molecule has 0 bridgehead atoms. The van der Waals surface area contributed by atoms with Gasteiger partial charge >= 0.3 is 0 Å². The second kappa shape index (κ2) is 7.23. The number of hydrogen-bond donors (Lipinski definition) is 1. The van der Waals surface area contributed by atoms with E-state index in [4.69, 9.17) is 0 Å². The quantitative estimate of drug-likeness (QED) is 0.461. The predicted molar refractivity (Wildman–Crippen MR) is 99.2 cm³/mol. The molecule has 0 atom stereocenters. The first-order valence-electron chi connectivity index (χ1n) is 7.89. The number of sulfonamides is 1. The Morgan fingerprint density at radius 3 is 2.14 bits per heavy atom. The van der Waals surface area contributed by atoms with Crippen molar-refractivity contribution >= 4 is 27.2 Å². The Bertz CT molecular complexity index is 1200. The Hall–Kier alpha value is -3.94. The fourth-order valence-electron chi connectivity index (χ4n) is 2.54. The lowest BCUT2D eigenvalue weighted by atomic mass is 10.1. The zero-order valence-corrected chi connectivity index (χ0v) is 15.8. The van der Waals surface area contributed by atoms with Crippen LogP contribution in [0.1, 0.15) is 11.4 Å². The summed E-state index contributed by atoms with van der Waals surface area (Å²) in [7, 11) is -4.41. The van der Waals surface area contributed by atoms with Gasteiger partial charge in [-0.25, -0.2) is 23.4 Å². The van der Waals surface area contributed by atoms with Crippen molar-refractivity contribution in [2.24, 2.45) is 0 Å². The minimum Gasteiger partial charge on any atom is -0.288 e. The molecule has 0 amide bonds. The number of hydrogen-bond acceptors (Lipinski definition) is 9. The third-order valence-electron chi connectivity index (χ3n) is 3.99. The number of anilines is 1. The van der Waals surface area contributed by atoms with Gasteiger partial charge in [0, 0.05) is 30.6 Å². The molecule has 29 heavy (non-hydrogen) atoms.